The van der Waals surface area contributed by atoms with Crippen molar-refractivity contribution >= 4 is 11.8 Å². The van der Waals surface area contributed by atoms with Gasteiger partial charge in [-0.05, 0) is 6.92 Å². The van der Waals surface area contributed by atoms with E-state index in [1.807, 2.05) is 0 Å². The van der Waals surface area contributed by atoms with Crippen LogP contribution in [0.2, 0.25) is 0 Å². The first kappa shape index (κ1) is 15.0. The normalized spacial score (nSPS) is 11.2. The van der Waals surface area contributed by atoms with E-state index in [4.69, 9.17) is 11.5 Å². The molecular weight excluding hydrogens is 267 g/mol. The van der Waals surface area contributed by atoms with Crippen LogP contribution in [0.25, 0.3) is 0 Å². The molecule has 106 valence electrons. The van der Waals surface area contributed by atoms with Crippen molar-refractivity contribution in [1.82, 2.24) is 4.98 Å². The molecule has 0 unspecified atom stereocenters. The summed E-state index contributed by atoms with van der Waals surface area (Å²) in [6.07, 6.45) is -4.94. The highest BCUT2D eigenvalue weighted by Gasteiger charge is 2.33. The molecule has 0 saturated carbocycles. The summed E-state index contributed by atoms with van der Waals surface area (Å²) in [5.74, 6) is -2.12. The molecule has 1 aromatic rings. The lowest BCUT2D eigenvalue weighted by atomic mass is 10.2. The molecule has 0 radical (unpaired) electrons. The van der Waals surface area contributed by atoms with Gasteiger partial charge in [0.15, 0.2) is 11.6 Å². The fraction of sp³-hybridized carbons (Fsp3) is 0.400. The van der Waals surface area contributed by atoms with Crippen LogP contribution in [0, 0.1) is 0 Å². The summed E-state index contributed by atoms with van der Waals surface area (Å²) in [7, 11) is 0. The zero-order valence-electron chi connectivity index (χ0n) is 9.95. The number of aromatic nitrogens is 1. The van der Waals surface area contributed by atoms with E-state index in [9.17, 15) is 18.0 Å². The molecule has 19 heavy (non-hydrogen) atoms. The van der Waals surface area contributed by atoms with Gasteiger partial charge in [0.1, 0.15) is 0 Å². The Hall–Kier alpha value is -2.03. The molecular formula is C10H12F3N3O3. The summed E-state index contributed by atoms with van der Waals surface area (Å²) in [4.78, 5) is 15.2. The number of pyridine rings is 1. The second-order valence-electron chi connectivity index (χ2n) is 3.34. The van der Waals surface area contributed by atoms with Gasteiger partial charge < -0.3 is 20.9 Å². The molecule has 0 saturated heterocycles. The number of alkyl halides is 3. The number of carbonyl (C=O) groups is 1. The number of rotatable bonds is 4. The molecule has 0 fully saturated rings. The van der Waals surface area contributed by atoms with E-state index in [2.05, 4.69) is 14.5 Å². The number of halogens is 3. The molecule has 0 amide bonds. The van der Waals surface area contributed by atoms with E-state index in [-0.39, 0.29) is 24.4 Å². The van der Waals surface area contributed by atoms with Gasteiger partial charge in [-0.3, -0.25) is 0 Å². The van der Waals surface area contributed by atoms with Crippen LogP contribution in [-0.4, -0.2) is 23.9 Å². The van der Waals surface area contributed by atoms with Gasteiger partial charge in [-0.15, -0.1) is 13.2 Å². The van der Waals surface area contributed by atoms with Crippen LogP contribution in [-0.2, 0) is 11.3 Å². The van der Waals surface area contributed by atoms with Crippen LogP contribution in [0.15, 0.2) is 6.07 Å². The highest BCUT2D eigenvalue weighted by atomic mass is 19.4. The summed E-state index contributed by atoms with van der Waals surface area (Å²) in [5, 5.41) is 0. The van der Waals surface area contributed by atoms with E-state index in [0.29, 0.717) is 0 Å². The number of nitrogen functional groups attached to an aromatic ring is 1. The molecule has 0 aromatic carbocycles. The highest BCUT2D eigenvalue weighted by Crippen LogP contribution is 2.29. The Morgan fingerprint density at radius 1 is 1.47 bits per heavy atom. The third-order valence-electron chi connectivity index (χ3n) is 2.01. The van der Waals surface area contributed by atoms with Crippen molar-refractivity contribution in [1.29, 1.82) is 0 Å². The molecule has 6 nitrogen and oxygen atoms in total. The Labute approximate surface area is 106 Å². The van der Waals surface area contributed by atoms with Gasteiger partial charge in [0.2, 0.25) is 0 Å². The molecule has 0 atom stereocenters. The third kappa shape index (κ3) is 3.98. The lowest BCUT2D eigenvalue weighted by molar-refractivity contribution is -0.274. The number of hydrogen-bond donors (Lipinski definition) is 2. The first-order valence-electron chi connectivity index (χ1n) is 5.20. The number of hydrogen-bond acceptors (Lipinski definition) is 6. The molecule has 9 heteroatoms. The lowest BCUT2D eigenvalue weighted by Crippen LogP contribution is -2.20. The molecule has 0 aliphatic rings. The van der Waals surface area contributed by atoms with Gasteiger partial charge in [-0.1, -0.05) is 0 Å². The number of nitrogens with zero attached hydrogens (tertiary/aromatic N) is 1. The minimum Gasteiger partial charge on any atom is -0.462 e. The summed E-state index contributed by atoms with van der Waals surface area (Å²) in [6, 6.07) is 0.815. The van der Waals surface area contributed by atoms with Gasteiger partial charge in [0.05, 0.1) is 17.9 Å². The van der Waals surface area contributed by atoms with Crippen molar-refractivity contribution in [2.24, 2.45) is 5.73 Å². The first-order valence-corrected chi connectivity index (χ1v) is 5.20. The standard InChI is InChI=1S/C10H12F3N3O3/c1-2-18-9(17)5-3-7(19-10(11,12)13)8(15)16-6(5)4-14/h3H,2,4,14H2,1H3,(H2,15,16). The van der Waals surface area contributed by atoms with E-state index >= 15 is 0 Å². The van der Waals surface area contributed by atoms with Crippen molar-refractivity contribution in [3.63, 3.8) is 0 Å². The maximum Gasteiger partial charge on any atom is 0.573 e. The minimum absolute atomic E-state index is 0.0328. The van der Waals surface area contributed by atoms with Crippen LogP contribution < -0.4 is 16.2 Å². The van der Waals surface area contributed by atoms with E-state index in [0.717, 1.165) is 6.07 Å². The molecule has 1 aromatic heterocycles. The Morgan fingerprint density at radius 2 is 2.11 bits per heavy atom. The number of nitrogens with two attached hydrogens (primary N) is 2. The van der Waals surface area contributed by atoms with Crippen molar-refractivity contribution < 1.29 is 27.4 Å². The lowest BCUT2D eigenvalue weighted by Gasteiger charge is -2.13. The van der Waals surface area contributed by atoms with Crippen molar-refractivity contribution in [2.75, 3.05) is 12.3 Å². The summed E-state index contributed by atoms with van der Waals surface area (Å²) in [5.41, 5.74) is 10.5. The number of esters is 1. The number of anilines is 1. The Kier molecular flexibility index (Phi) is 4.54. The van der Waals surface area contributed by atoms with Gasteiger partial charge >= 0.3 is 12.3 Å². The zero-order chi connectivity index (χ0) is 14.6. The Bertz CT molecular complexity index is 477. The maximum atomic E-state index is 12.1. The monoisotopic (exact) mass is 279 g/mol. The second kappa shape index (κ2) is 5.74. The van der Waals surface area contributed by atoms with Crippen LogP contribution >= 0.6 is 0 Å². The van der Waals surface area contributed by atoms with E-state index < -0.39 is 23.9 Å². The zero-order valence-corrected chi connectivity index (χ0v) is 9.95. The van der Waals surface area contributed by atoms with Crippen molar-refractivity contribution in [3.8, 4) is 5.75 Å². The fourth-order valence-corrected chi connectivity index (χ4v) is 1.30. The van der Waals surface area contributed by atoms with Crippen molar-refractivity contribution in [3.05, 3.63) is 17.3 Å². The second-order valence-corrected chi connectivity index (χ2v) is 3.34. The average Bonchev–Trinajstić information content (AvgIpc) is 2.29. The molecule has 1 heterocycles. The molecule has 0 spiro atoms. The predicted octanol–water partition coefficient (Wildman–Crippen LogP) is 1.20. The molecule has 4 N–H and O–H groups in total. The van der Waals surface area contributed by atoms with Crippen LogP contribution in [0.1, 0.15) is 23.0 Å². The van der Waals surface area contributed by atoms with E-state index in [1.165, 1.54) is 0 Å². The van der Waals surface area contributed by atoms with Crippen LogP contribution in [0.4, 0.5) is 19.0 Å². The maximum absolute atomic E-state index is 12.1. The summed E-state index contributed by atoms with van der Waals surface area (Å²) < 4.78 is 44.8. The van der Waals surface area contributed by atoms with Gasteiger partial charge in [-0.25, -0.2) is 9.78 Å². The third-order valence-corrected chi connectivity index (χ3v) is 2.01. The molecule has 0 aliphatic heterocycles. The van der Waals surface area contributed by atoms with E-state index in [1.54, 1.807) is 6.92 Å². The summed E-state index contributed by atoms with van der Waals surface area (Å²) in [6.45, 7) is 1.44. The van der Waals surface area contributed by atoms with Gasteiger partial charge in [0, 0.05) is 12.6 Å². The smallest absolute Gasteiger partial charge is 0.462 e. The van der Waals surface area contributed by atoms with Crippen LogP contribution in [0.5, 0.6) is 5.75 Å². The SMILES string of the molecule is CCOC(=O)c1cc(OC(F)(F)F)c(N)nc1CN. The van der Waals surface area contributed by atoms with Gasteiger partial charge in [-0.2, -0.15) is 0 Å². The predicted molar refractivity (Wildman–Crippen MR) is 59.2 cm³/mol. The molecule has 0 bridgehead atoms. The largest absolute Gasteiger partial charge is 0.573 e. The summed E-state index contributed by atoms with van der Waals surface area (Å²) >= 11 is 0. The molecule has 1 rings (SSSR count). The quantitative estimate of drug-likeness (QED) is 0.803. The minimum atomic E-state index is -4.94. The highest BCUT2D eigenvalue weighted by molar-refractivity contribution is 5.91. The van der Waals surface area contributed by atoms with Crippen LogP contribution in [0.3, 0.4) is 0 Å². The average molecular weight is 279 g/mol. The topological polar surface area (TPSA) is 100 Å². The number of carbonyl (C=O) groups excluding carboxylic acids is 1. The first-order chi connectivity index (χ1) is 8.78. The number of ether oxygens (including phenoxy) is 2. The Balaban J connectivity index is 3.21. The molecule has 0 aliphatic carbocycles. The fourth-order valence-electron chi connectivity index (χ4n) is 1.30. The van der Waals surface area contributed by atoms with Crippen molar-refractivity contribution in [2.45, 2.75) is 19.8 Å². The Morgan fingerprint density at radius 3 is 2.58 bits per heavy atom. The van der Waals surface area contributed by atoms with Gasteiger partial charge in [0.25, 0.3) is 0 Å².